The van der Waals surface area contributed by atoms with E-state index in [0.29, 0.717) is 17.7 Å². The van der Waals surface area contributed by atoms with Gasteiger partial charge in [0.05, 0.1) is 6.10 Å². The minimum Gasteiger partial charge on any atom is -0.508 e. The number of aliphatic hydroxyl groups excluding tert-OH is 1. The molecule has 1 saturated carbocycles. The van der Waals surface area contributed by atoms with Gasteiger partial charge >= 0.3 is 0 Å². The number of aliphatic hydroxyl groups is 1. The van der Waals surface area contributed by atoms with Gasteiger partial charge in [-0.2, -0.15) is 0 Å². The molecule has 24 heavy (non-hydrogen) atoms. The van der Waals surface area contributed by atoms with Gasteiger partial charge in [0, 0.05) is 30.9 Å². The van der Waals surface area contributed by atoms with Gasteiger partial charge in [-0.15, -0.1) is 0 Å². The zero-order valence-electron chi connectivity index (χ0n) is 13.6. The van der Waals surface area contributed by atoms with Crippen molar-refractivity contribution < 1.29 is 10.2 Å². The molecule has 0 spiro atoms. The Morgan fingerprint density at radius 1 is 1.08 bits per heavy atom. The predicted octanol–water partition coefficient (Wildman–Crippen LogP) is 3.75. The smallest absolute Gasteiger partial charge is 0.133 e. The molecule has 0 amide bonds. The van der Waals surface area contributed by atoms with Crippen molar-refractivity contribution >= 4 is 11.6 Å². The summed E-state index contributed by atoms with van der Waals surface area (Å²) in [6, 6.07) is 11.7. The summed E-state index contributed by atoms with van der Waals surface area (Å²) < 4.78 is 0. The van der Waals surface area contributed by atoms with Crippen molar-refractivity contribution in [2.24, 2.45) is 0 Å². The topological polar surface area (TPSA) is 56.6 Å². The van der Waals surface area contributed by atoms with Crippen LogP contribution in [0.2, 0.25) is 5.15 Å². The zero-order valence-corrected chi connectivity index (χ0v) is 14.4. The maximum Gasteiger partial charge on any atom is 0.133 e. The van der Waals surface area contributed by atoms with Gasteiger partial charge in [-0.3, -0.25) is 4.90 Å². The Labute approximate surface area is 147 Å². The summed E-state index contributed by atoms with van der Waals surface area (Å²) in [6.45, 7) is 1.45. The molecule has 1 aliphatic carbocycles. The van der Waals surface area contributed by atoms with Gasteiger partial charge in [0.1, 0.15) is 10.9 Å². The van der Waals surface area contributed by atoms with Gasteiger partial charge in [-0.05, 0) is 49.4 Å². The third kappa shape index (κ3) is 4.47. The van der Waals surface area contributed by atoms with Crippen molar-refractivity contribution in [1.82, 2.24) is 9.88 Å². The number of phenols is 1. The Bertz CT molecular complexity index is 672. The van der Waals surface area contributed by atoms with E-state index < -0.39 is 0 Å². The zero-order chi connectivity index (χ0) is 16.9. The van der Waals surface area contributed by atoms with Crippen LogP contribution in [-0.4, -0.2) is 32.2 Å². The second kappa shape index (κ2) is 7.97. The fourth-order valence-corrected chi connectivity index (χ4v) is 3.56. The van der Waals surface area contributed by atoms with E-state index in [4.69, 9.17) is 11.6 Å². The lowest BCUT2D eigenvalue weighted by Crippen LogP contribution is -2.38. The average molecular weight is 347 g/mol. The van der Waals surface area contributed by atoms with E-state index in [-0.39, 0.29) is 11.9 Å². The summed E-state index contributed by atoms with van der Waals surface area (Å²) in [5.74, 6) is 0.283. The normalized spacial score (nSPS) is 21.1. The van der Waals surface area contributed by atoms with Crippen LogP contribution in [0.1, 0.15) is 36.8 Å². The first-order valence-corrected chi connectivity index (χ1v) is 8.79. The summed E-state index contributed by atoms with van der Waals surface area (Å²) in [4.78, 5) is 6.55. The number of pyridine rings is 1. The quantitative estimate of drug-likeness (QED) is 0.810. The summed E-state index contributed by atoms with van der Waals surface area (Å²) >= 11 is 6.24. The van der Waals surface area contributed by atoms with E-state index in [0.717, 1.165) is 43.4 Å². The second-order valence-corrected chi connectivity index (χ2v) is 6.85. The van der Waals surface area contributed by atoms with Crippen LogP contribution in [0.25, 0.3) is 0 Å². The van der Waals surface area contributed by atoms with Crippen LogP contribution < -0.4 is 0 Å². The standard InChI is InChI=1S/C19H23ClN2O2/c20-19-15(4-2-10-21-19)13-22(16-6-8-17(23)9-7-16)12-14-3-1-5-18(24)11-14/h1-5,10-11,16-17,23-24H,6-9,12-13H2. The number of benzene rings is 1. The number of phenolic OH excluding ortho intramolecular Hbond substituents is 1. The molecule has 2 aromatic rings. The van der Waals surface area contributed by atoms with Crippen molar-refractivity contribution in [3.8, 4) is 5.75 Å². The number of halogens is 1. The van der Waals surface area contributed by atoms with Crippen molar-refractivity contribution in [2.75, 3.05) is 0 Å². The lowest BCUT2D eigenvalue weighted by molar-refractivity contribution is 0.0665. The largest absolute Gasteiger partial charge is 0.508 e. The molecule has 0 saturated heterocycles. The SMILES string of the molecule is Oc1cccc(CN(Cc2cccnc2Cl)C2CCC(O)CC2)c1. The highest BCUT2D eigenvalue weighted by Crippen LogP contribution is 2.27. The Kier molecular flexibility index (Phi) is 5.72. The van der Waals surface area contributed by atoms with Gasteiger partial charge in [-0.1, -0.05) is 29.8 Å². The van der Waals surface area contributed by atoms with Crippen molar-refractivity contribution in [3.63, 3.8) is 0 Å². The van der Waals surface area contributed by atoms with E-state index >= 15 is 0 Å². The molecule has 0 unspecified atom stereocenters. The molecule has 4 nitrogen and oxygen atoms in total. The fourth-order valence-electron chi connectivity index (χ4n) is 3.38. The maximum absolute atomic E-state index is 9.79. The third-order valence-corrected chi connectivity index (χ3v) is 5.03. The van der Waals surface area contributed by atoms with Crippen molar-refractivity contribution in [1.29, 1.82) is 0 Å². The van der Waals surface area contributed by atoms with Crippen LogP contribution in [0.3, 0.4) is 0 Å². The molecule has 3 rings (SSSR count). The Hall–Kier alpha value is -1.62. The van der Waals surface area contributed by atoms with Gasteiger partial charge in [0.15, 0.2) is 0 Å². The molecule has 1 aliphatic rings. The molecule has 1 fully saturated rings. The summed E-state index contributed by atoms with van der Waals surface area (Å²) in [7, 11) is 0. The molecule has 0 aliphatic heterocycles. The fraction of sp³-hybridized carbons (Fsp3) is 0.421. The van der Waals surface area contributed by atoms with E-state index in [9.17, 15) is 10.2 Å². The van der Waals surface area contributed by atoms with Crippen LogP contribution in [0.5, 0.6) is 5.75 Å². The number of nitrogens with zero attached hydrogens (tertiary/aromatic N) is 2. The molecule has 0 radical (unpaired) electrons. The Morgan fingerprint density at radius 2 is 1.88 bits per heavy atom. The molecule has 0 atom stereocenters. The average Bonchev–Trinajstić information content (AvgIpc) is 2.57. The third-order valence-electron chi connectivity index (χ3n) is 4.69. The lowest BCUT2D eigenvalue weighted by atomic mass is 9.91. The molecular weight excluding hydrogens is 324 g/mol. The predicted molar refractivity (Wildman–Crippen MR) is 94.9 cm³/mol. The van der Waals surface area contributed by atoms with Crippen LogP contribution in [0.15, 0.2) is 42.6 Å². The first kappa shape index (κ1) is 17.2. The molecule has 1 aromatic carbocycles. The summed E-state index contributed by atoms with van der Waals surface area (Å²) in [5, 5.41) is 20.0. The lowest BCUT2D eigenvalue weighted by Gasteiger charge is -2.36. The highest BCUT2D eigenvalue weighted by Gasteiger charge is 2.25. The number of aromatic nitrogens is 1. The monoisotopic (exact) mass is 346 g/mol. The molecule has 2 N–H and O–H groups in total. The first-order chi connectivity index (χ1) is 11.6. The van der Waals surface area contributed by atoms with Crippen LogP contribution in [-0.2, 0) is 13.1 Å². The highest BCUT2D eigenvalue weighted by molar-refractivity contribution is 6.30. The minimum absolute atomic E-state index is 0.175. The number of rotatable bonds is 5. The summed E-state index contributed by atoms with van der Waals surface area (Å²) in [5.41, 5.74) is 2.08. The van der Waals surface area contributed by atoms with E-state index in [1.165, 1.54) is 0 Å². The number of hydrogen-bond acceptors (Lipinski definition) is 4. The van der Waals surface area contributed by atoms with E-state index in [1.54, 1.807) is 18.3 Å². The number of hydrogen-bond donors (Lipinski definition) is 2. The minimum atomic E-state index is -0.175. The first-order valence-electron chi connectivity index (χ1n) is 8.41. The molecule has 1 aromatic heterocycles. The van der Waals surface area contributed by atoms with Crippen molar-refractivity contribution in [2.45, 2.75) is 50.9 Å². The molecule has 0 bridgehead atoms. The van der Waals surface area contributed by atoms with Crippen molar-refractivity contribution in [3.05, 3.63) is 58.9 Å². The summed E-state index contributed by atoms with van der Waals surface area (Å²) in [6.07, 6.45) is 5.13. The highest BCUT2D eigenvalue weighted by atomic mass is 35.5. The van der Waals surface area contributed by atoms with Crippen LogP contribution in [0.4, 0.5) is 0 Å². The Balaban J connectivity index is 1.79. The molecule has 5 heteroatoms. The van der Waals surface area contributed by atoms with Crippen LogP contribution >= 0.6 is 11.6 Å². The van der Waals surface area contributed by atoms with E-state index in [2.05, 4.69) is 9.88 Å². The molecular formula is C19H23ClN2O2. The van der Waals surface area contributed by atoms with Gasteiger partial charge in [0.25, 0.3) is 0 Å². The maximum atomic E-state index is 9.79. The molecule has 128 valence electrons. The van der Waals surface area contributed by atoms with Crippen LogP contribution in [0, 0.1) is 0 Å². The Morgan fingerprint density at radius 3 is 2.58 bits per heavy atom. The van der Waals surface area contributed by atoms with E-state index in [1.807, 2.05) is 24.3 Å². The number of aromatic hydroxyl groups is 1. The molecule has 1 heterocycles. The van der Waals surface area contributed by atoms with Gasteiger partial charge in [0.2, 0.25) is 0 Å². The van der Waals surface area contributed by atoms with Gasteiger partial charge in [-0.25, -0.2) is 4.98 Å². The second-order valence-electron chi connectivity index (χ2n) is 6.49. The van der Waals surface area contributed by atoms with Gasteiger partial charge < -0.3 is 10.2 Å².